The van der Waals surface area contributed by atoms with Crippen molar-refractivity contribution in [1.29, 1.82) is 0 Å². The third-order valence-corrected chi connectivity index (χ3v) is 5.36. The van der Waals surface area contributed by atoms with E-state index in [2.05, 4.69) is 31.4 Å². The lowest BCUT2D eigenvalue weighted by atomic mass is 9.85. The van der Waals surface area contributed by atoms with Crippen LogP contribution in [-0.2, 0) is 9.53 Å². The fraction of sp³-hybridized carbons (Fsp3) is 0.944. The second-order valence-corrected chi connectivity index (χ2v) is 7.57. The molecule has 0 aromatic carbocycles. The Balaban J connectivity index is 1.72. The van der Waals surface area contributed by atoms with E-state index >= 15 is 0 Å². The van der Waals surface area contributed by atoms with Crippen molar-refractivity contribution in [3.8, 4) is 0 Å². The van der Waals surface area contributed by atoms with Gasteiger partial charge in [-0.15, -0.1) is 0 Å². The van der Waals surface area contributed by atoms with E-state index in [0.717, 1.165) is 32.7 Å². The van der Waals surface area contributed by atoms with E-state index in [-0.39, 0.29) is 5.91 Å². The summed E-state index contributed by atoms with van der Waals surface area (Å²) in [6.45, 7) is 10.5. The van der Waals surface area contributed by atoms with Crippen molar-refractivity contribution in [3.63, 3.8) is 0 Å². The van der Waals surface area contributed by atoms with Gasteiger partial charge in [-0.25, -0.2) is 0 Å². The molecule has 4 atom stereocenters. The maximum atomic E-state index is 12.2. The van der Waals surface area contributed by atoms with Gasteiger partial charge >= 0.3 is 0 Å². The lowest BCUT2D eigenvalue weighted by molar-refractivity contribution is -0.123. The highest BCUT2D eigenvalue weighted by Crippen LogP contribution is 2.26. The minimum absolute atomic E-state index is 0.214. The molecule has 0 aliphatic carbocycles. The van der Waals surface area contributed by atoms with E-state index in [9.17, 15) is 4.79 Å². The molecule has 1 amide bonds. The molecule has 2 N–H and O–H groups in total. The van der Waals surface area contributed by atoms with Crippen molar-refractivity contribution >= 4 is 5.91 Å². The van der Waals surface area contributed by atoms with Crippen molar-refractivity contribution in [1.82, 2.24) is 10.6 Å². The molecule has 0 spiro atoms. The predicted octanol–water partition coefficient (Wildman–Crippen LogP) is 2.58. The Bertz CT molecular complexity index is 340. The first-order chi connectivity index (χ1) is 10.6. The zero-order valence-electron chi connectivity index (χ0n) is 14.6. The Morgan fingerprint density at radius 2 is 2.09 bits per heavy atom. The summed E-state index contributed by atoms with van der Waals surface area (Å²) in [5, 5.41) is 6.61. The number of carbonyl (C=O) groups excluding carboxylic acids is 1. The van der Waals surface area contributed by atoms with E-state index in [4.69, 9.17) is 4.74 Å². The lowest BCUT2D eigenvalue weighted by Gasteiger charge is -2.34. The molecule has 2 rings (SSSR count). The number of carbonyl (C=O) groups is 1. The highest BCUT2D eigenvalue weighted by atomic mass is 16.5. The van der Waals surface area contributed by atoms with E-state index in [1.165, 1.54) is 19.3 Å². The van der Waals surface area contributed by atoms with Gasteiger partial charge in [0.25, 0.3) is 0 Å². The van der Waals surface area contributed by atoms with Gasteiger partial charge in [0.2, 0.25) is 5.91 Å². The molecule has 0 aromatic heterocycles. The SMILES string of the molecule is CC(C)C1OCCCC1CNC(=O)CC(C)C1CCCNC1. The molecule has 22 heavy (non-hydrogen) atoms. The van der Waals surface area contributed by atoms with Gasteiger partial charge < -0.3 is 15.4 Å². The van der Waals surface area contributed by atoms with Crippen LogP contribution in [0.5, 0.6) is 0 Å². The fourth-order valence-corrected chi connectivity index (χ4v) is 3.96. The Morgan fingerprint density at radius 1 is 1.27 bits per heavy atom. The maximum Gasteiger partial charge on any atom is 0.220 e. The average Bonchev–Trinajstić information content (AvgIpc) is 2.54. The fourth-order valence-electron chi connectivity index (χ4n) is 3.96. The molecule has 4 nitrogen and oxygen atoms in total. The van der Waals surface area contributed by atoms with Crippen molar-refractivity contribution in [2.45, 2.75) is 59.0 Å². The minimum Gasteiger partial charge on any atom is -0.378 e. The topological polar surface area (TPSA) is 50.4 Å². The van der Waals surface area contributed by atoms with Crippen LogP contribution in [0.4, 0.5) is 0 Å². The van der Waals surface area contributed by atoms with Crippen LogP contribution in [0.2, 0.25) is 0 Å². The summed E-state index contributed by atoms with van der Waals surface area (Å²) in [4.78, 5) is 12.2. The first-order valence-corrected chi connectivity index (χ1v) is 9.17. The maximum absolute atomic E-state index is 12.2. The first kappa shape index (κ1) is 17.7. The van der Waals surface area contributed by atoms with Crippen molar-refractivity contribution in [3.05, 3.63) is 0 Å². The van der Waals surface area contributed by atoms with Gasteiger partial charge in [0.05, 0.1) is 6.10 Å². The molecule has 2 saturated heterocycles. The Morgan fingerprint density at radius 3 is 2.77 bits per heavy atom. The van der Waals surface area contributed by atoms with E-state index in [1.807, 2.05) is 0 Å². The van der Waals surface area contributed by atoms with Gasteiger partial charge in [0.1, 0.15) is 0 Å². The van der Waals surface area contributed by atoms with Gasteiger partial charge in [0, 0.05) is 25.5 Å². The van der Waals surface area contributed by atoms with Crippen LogP contribution in [0.1, 0.15) is 52.9 Å². The van der Waals surface area contributed by atoms with Gasteiger partial charge in [-0.05, 0) is 56.5 Å². The Labute approximate surface area is 135 Å². The number of nitrogens with one attached hydrogen (secondary N) is 2. The summed E-state index contributed by atoms with van der Waals surface area (Å²) in [5.41, 5.74) is 0. The quantitative estimate of drug-likeness (QED) is 0.793. The molecular weight excluding hydrogens is 276 g/mol. The Kier molecular flexibility index (Phi) is 7.16. The number of hydrogen-bond acceptors (Lipinski definition) is 3. The van der Waals surface area contributed by atoms with Crippen LogP contribution in [0.25, 0.3) is 0 Å². The number of amides is 1. The number of piperidine rings is 1. The van der Waals surface area contributed by atoms with Gasteiger partial charge in [-0.3, -0.25) is 4.79 Å². The molecule has 2 aliphatic rings. The molecule has 128 valence electrons. The van der Waals surface area contributed by atoms with Gasteiger partial charge in [-0.2, -0.15) is 0 Å². The second-order valence-electron chi connectivity index (χ2n) is 7.57. The summed E-state index contributed by atoms with van der Waals surface area (Å²) in [7, 11) is 0. The molecule has 0 radical (unpaired) electrons. The van der Waals surface area contributed by atoms with Crippen LogP contribution < -0.4 is 10.6 Å². The van der Waals surface area contributed by atoms with Crippen molar-refractivity contribution < 1.29 is 9.53 Å². The summed E-state index contributed by atoms with van der Waals surface area (Å²) < 4.78 is 5.90. The standard InChI is InChI=1S/C18H34N2O2/c1-13(2)18-16(7-5-9-22-18)12-20-17(21)10-14(3)15-6-4-8-19-11-15/h13-16,18-19H,4-12H2,1-3H3,(H,20,21). The molecular formula is C18H34N2O2. The smallest absolute Gasteiger partial charge is 0.220 e. The lowest BCUT2D eigenvalue weighted by Crippen LogP contribution is -2.42. The third-order valence-electron chi connectivity index (χ3n) is 5.36. The van der Waals surface area contributed by atoms with Crippen molar-refractivity contribution in [2.75, 3.05) is 26.2 Å². The van der Waals surface area contributed by atoms with Crippen LogP contribution in [-0.4, -0.2) is 38.3 Å². The van der Waals surface area contributed by atoms with Crippen LogP contribution >= 0.6 is 0 Å². The van der Waals surface area contributed by atoms with Gasteiger partial charge in [-0.1, -0.05) is 20.8 Å². The minimum atomic E-state index is 0.214. The third kappa shape index (κ3) is 5.24. The molecule has 2 fully saturated rings. The zero-order valence-corrected chi connectivity index (χ0v) is 14.6. The first-order valence-electron chi connectivity index (χ1n) is 9.17. The summed E-state index contributed by atoms with van der Waals surface area (Å²) in [6.07, 6.45) is 5.75. The molecule has 0 bridgehead atoms. The van der Waals surface area contributed by atoms with E-state index in [1.54, 1.807) is 0 Å². The molecule has 4 heteroatoms. The molecule has 2 heterocycles. The van der Waals surface area contributed by atoms with E-state index < -0.39 is 0 Å². The number of rotatable bonds is 6. The molecule has 0 saturated carbocycles. The monoisotopic (exact) mass is 310 g/mol. The zero-order chi connectivity index (χ0) is 15.9. The van der Waals surface area contributed by atoms with Crippen LogP contribution in [0, 0.1) is 23.7 Å². The van der Waals surface area contributed by atoms with Crippen LogP contribution in [0.15, 0.2) is 0 Å². The van der Waals surface area contributed by atoms with Crippen molar-refractivity contribution in [2.24, 2.45) is 23.7 Å². The molecule has 0 aromatic rings. The van der Waals surface area contributed by atoms with Gasteiger partial charge in [0.15, 0.2) is 0 Å². The largest absolute Gasteiger partial charge is 0.378 e. The second kappa shape index (κ2) is 8.88. The summed E-state index contributed by atoms with van der Waals surface area (Å²) >= 11 is 0. The Hall–Kier alpha value is -0.610. The summed E-state index contributed by atoms with van der Waals surface area (Å²) in [5.74, 6) is 2.34. The average molecular weight is 310 g/mol. The molecule has 2 aliphatic heterocycles. The van der Waals surface area contributed by atoms with Crippen LogP contribution in [0.3, 0.4) is 0 Å². The summed E-state index contributed by atoms with van der Waals surface area (Å²) in [6, 6.07) is 0. The predicted molar refractivity (Wildman–Crippen MR) is 89.7 cm³/mol. The highest BCUT2D eigenvalue weighted by Gasteiger charge is 2.29. The number of ether oxygens (including phenoxy) is 1. The number of hydrogen-bond donors (Lipinski definition) is 2. The normalized spacial score (nSPS) is 31.0. The van der Waals surface area contributed by atoms with E-state index in [0.29, 0.717) is 36.2 Å². The highest BCUT2D eigenvalue weighted by molar-refractivity contribution is 5.76. The molecule has 4 unspecified atom stereocenters.